The Hall–Kier alpha value is -0.920. The molecule has 0 heterocycles. The second-order valence-electron chi connectivity index (χ2n) is 14.3. The van der Waals surface area contributed by atoms with Crippen molar-refractivity contribution in [3.63, 3.8) is 0 Å². The van der Waals surface area contributed by atoms with Crippen LogP contribution in [0.25, 0.3) is 0 Å². The van der Waals surface area contributed by atoms with Crippen molar-refractivity contribution in [1.29, 1.82) is 0 Å². The molecule has 3 N–H and O–H groups in total. The molecule has 1 unspecified atom stereocenters. The van der Waals surface area contributed by atoms with Gasteiger partial charge in [0.2, 0.25) is 0 Å². The Morgan fingerprint density at radius 2 is 1.00 bits per heavy atom. The normalized spacial score (nSPS) is 13.5. The zero-order valence-electron chi connectivity index (χ0n) is 32.9. The molecule has 8 nitrogen and oxygen atoms in total. The summed E-state index contributed by atoms with van der Waals surface area (Å²) >= 11 is 0. The van der Waals surface area contributed by atoms with E-state index in [-0.39, 0.29) is 32.3 Å². The SMILES string of the molecule is CCCCCCCCCCCCCCC=COC[C@H](COP(=O)(O)OCCN)OC(=O)CCCCCCCCCCCCCCCCCCC. The van der Waals surface area contributed by atoms with Crippen molar-refractivity contribution in [3.05, 3.63) is 12.3 Å². The van der Waals surface area contributed by atoms with Crippen LogP contribution in [0.15, 0.2) is 12.3 Å². The van der Waals surface area contributed by atoms with E-state index in [1.54, 1.807) is 6.26 Å². The van der Waals surface area contributed by atoms with Gasteiger partial charge in [0, 0.05) is 13.0 Å². The van der Waals surface area contributed by atoms with Gasteiger partial charge in [0.25, 0.3) is 0 Å². The van der Waals surface area contributed by atoms with E-state index < -0.39 is 13.9 Å². The molecule has 0 saturated heterocycles. The lowest BCUT2D eigenvalue weighted by Crippen LogP contribution is -2.27. The van der Waals surface area contributed by atoms with Gasteiger partial charge in [0.05, 0.1) is 19.5 Å². The summed E-state index contributed by atoms with van der Waals surface area (Å²) in [5, 5.41) is 0. The highest BCUT2D eigenvalue weighted by Gasteiger charge is 2.25. The zero-order valence-corrected chi connectivity index (χ0v) is 33.8. The van der Waals surface area contributed by atoms with E-state index >= 15 is 0 Å². The molecule has 0 rings (SSSR count). The Kier molecular flexibility index (Phi) is 38.6. The van der Waals surface area contributed by atoms with Crippen LogP contribution in [0, 0.1) is 0 Å². The average Bonchev–Trinajstić information content (AvgIpc) is 3.10. The minimum absolute atomic E-state index is 0.0383. The third-order valence-electron chi connectivity index (χ3n) is 9.28. The second kappa shape index (κ2) is 39.3. The maximum atomic E-state index is 12.6. The van der Waals surface area contributed by atoms with Crippen molar-refractivity contribution in [2.45, 2.75) is 219 Å². The van der Waals surface area contributed by atoms with Crippen LogP contribution in [0.1, 0.15) is 213 Å². The molecule has 0 aromatic rings. The van der Waals surface area contributed by atoms with Crippen LogP contribution in [0.3, 0.4) is 0 Å². The molecule has 298 valence electrons. The molecular formula is C41H82NO7P. The van der Waals surface area contributed by atoms with Crippen molar-refractivity contribution in [1.82, 2.24) is 0 Å². The van der Waals surface area contributed by atoms with Crippen molar-refractivity contribution >= 4 is 13.8 Å². The molecule has 9 heteroatoms. The number of esters is 1. The summed E-state index contributed by atoms with van der Waals surface area (Å²) < 4.78 is 33.1. The number of phosphoric acid groups is 1. The van der Waals surface area contributed by atoms with Gasteiger partial charge < -0.3 is 20.1 Å². The summed E-state index contributed by atoms with van der Waals surface area (Å²) in [6.07, 6.45) is 41.7. The van der Waals surface area contributed by atoms with E-state index in [1.807, 2.05) is 6.08 Å². The third kappa shape index (κ3) is 38.3. The molecule has 0 bridgehead atoms. The molecular weight excluding hydrogens is 649 g/mol. The fourth-order valence-corrected chi connectivity index (χ4v) is 6.91. The van der Waals surface area contributed by atoms with Crippen LogP contribution in [0.4, 0.5) is 0 Å². The van der Waals surface area contributed by atoms with Gasteiger partial charge in [0.15, 0.2) is 6.10 Å². The number of unbranched alkanes of at least 4 members (excludes halogenated alkanes) is 28. The Labute approximate surface area is 309 Å². The summed E-state index contributed by atoms with van der Waals surface area (Å²) in [7, 11) is -4.28. The first-order chi connectivity index (χ1) is 24.4. The number of carbonyl (C=O) groups excluding carboxylic acids is 1. The van der Waals surface area contributed by atoms with E-state index in [4.69, 9.17) is 24.3 Å². The lowest BCUT2D eigenvalue weighted by molar-refractivity contribution is -0.153. The maximum absolute atomic E-state index is 12.6. The Bertz CT molecular complexity index is 782. The molecule has 0 saturated carbocycles. The van der Waals surface area contributed by atoms with Crippen LogP contribution >= 0.6 is 7.82 Å². The minimum atomic E-state index is -4.28. The fraction of sp³-hybridized carbons (Fsp3) is 0.927. The number of allylic oxidation sites excluding steroid dienone is 1. The first-order valence-corrected chi connectivity index (χ1v) is 22.7. The van der Waals surface area contributed by atoms with Crippen molar-refractivity contribution in [2.75, 3.05) is 26.4 Å². The smallest absolute Gasteiger partial charge is 0.472 e. The van der Waals surface area contributed by atoms with Gasteiger partial charge in [-0.2, -0.15) is 0 Å². The van der Waals surface area contributed by atoms with Gasteiger partial charge in [-0.15, -0.1) is 0 Å². The molecule has 0 spiro atoms. The lowest BCUT2D eigenvalue weighted by Gasteiger charge is -2.19. The Morgan fingerprint density at radius 1 is 0.600 bits per heavy atom. The van der Waals surface area contributed by atoms with Crippen LogP contribution in [0.2, 0.25) is 0 Å². The fourth-order valence-electron chi connectivity index (χ4n) is 6.14. The van der Waals surface area contributed by atoms with E-state index in [9.17, 15) is 14.3 Å². The van der Waals surface area contributed by atoms with E-state index in [0.717, 1.165) is 32.1 Å². The molecule has 0 aliphatic heterocycles. The minimum Gasteiger partial charge on any atom is -0.498 e. The highest BCUT2D eigenvalue weighted by Crippen LogP contribution is 2.43. The third-order valence-corrected chi connectivity index (χ3v) is 10.3. The van der Waals surface area contributed by atoms with Crippen molar-refractivity contribution in [3.8, 4) is 0 Å². The maximum Gasteiger partial charge on any atom is 0.472 e. The second-order valence-corrected chi connectivity index (χ2v) is 15.7. The van der Waals surface area contributed by atoms with Crippen molar-refractivity contribution < 1.29 is 32.8 Å². The first-order valence-electron chi connectivity index (χ1n) is 21.2. The molecule has 0 aliphatic carbocycles. The Morgan fingerprint density at radius 3 is 1.42 bits per heavy atom. The number of carbonyl (C=O) groups is 1. The van der Waals surface area contributed by atoms with Crippen LogP contribution in [0.5, 0.6) is 0 Å². The standard InChI is InChI=1S/C41H82NO7P/c1-3-5-7-9-11-13-15-17-19-20-21-22-24-26-28-30-32-34-41(43)49-40(39-48-50(44,45)47-37-35-42)38-46-36-33-31-29-27-25-23-18-16-14-12-10-8-6-4-2/h33,36,40H,3-32,34-35,37-39,42H2,1-2H3,(H,44,45)/t40-/m1/s1. The van der Waals surface area contributed by atoms with Gasteiger partial charge in [-0.3, -0.25) is 13.8 Å². The quantitative estimate of drug-likeness (QED) is 0.0276. The average molecular weight is 732 g/mol. The number of hydrogen-bond donors (Lipinski definition) is 2. The number of phosphoric ester groups is 1. The summed E-state index contributed by atoms with van der Waals surface area (Å²) in [4.78, 5) is 22.4. The number of ether oxygens (including phenoxy) is 2. The van der Waals surface area contributed by atoms with Gasteiger partial charge in [0.1, 0.15) is 6.61 Å². The number of rotatable bonds is 41. The summed E-state index contributed by atoms with van der Waals surface area (Å²) in [5.41, 5.74) is 5.36. The van der Waals surface area contributed by atoms with E-state index in [2.05, 4.69) is 13.8 Å². The largest absolute Gasteiger partial charge is 0.498 e. The molecule has 0 aromatic carbocycles. The van der Waals surface area contributed by atoms with Gasteiger partial charge in [-0.25, -0.2) is 4.57 Å². The molecule has 0 radical (unpaired) electrons. The molecule has 0 aliphatic rings. The predicted octanol–water partition coefficient (Wildman–Crippen LogP) is 12.7. The van der Waals surface area contributed by atoms with Gasteiger partial charge in [-0.05, 0) is 25.3 Å². The number of nitrogens with two attached hydrogens (primary N) is 1. The zero-order chi connectivity index (χ0) is 36.6. The monoisotopic (exact) mass is 732 g/mol. The van der Waals surface area contributed by atoms with E-state index in [1.165, 1.54) is 161 Å². The molecule has 0 amide bonds. The lowest BCUT2D eigenvalue weighted by atomic mass is 10.0. The van der Waals surface area contributed by atoms with Crippen LogP contribution in [-0.4, -0.2) is 43.3 Å². The van der Waals surface area contributed by atoms with Crippen molar-refractivity contribution in [2.24, 2.45) is 5.73 Å². The summed E-state index contributed by atoms with van der Waals surface area (Å²) in [6, 6.07) is 0. The molecule has 0 aromatic heterocycles. The van der Waals surface area contributed by atoms with Gasteiger partial charge in [-0.1, -0.05) is 187 Å². The number of hydrogen-bond acceptors (Lipinski definition) is 7. The predicted molar refractivity (Wildman–Crippen MR) is 210 cm³/mol. The van der Waals surface area contributed by atoms with E-state index in [0.29, 0.717) is 6.42 Å². The molecule has 50 heavy (non-hydrogen) atoms. The highest BCUT2D eigenvalue weighted by atomic mass is 31.2. The summed E-state index contributed by atoms with van der Waals surface area (Å²) in [5.74, 6) is -0.348. The van der Waals surface area contributed by atoms with Crippen LogP contribution in [-0.2, 0) is 27.9 Å². The molecule has 0 fully saturated rings. The first kappa shape index (κ1) is 49.1. The molecule has 2 atom stereocenters. The highest BCUT2D eigenvalue weighted by molar-refractivity contribution is 7.47. The van der Waals surface area contributed by atoms with Gasteiger partial charge >= 0.3 is 13.8 Å². The Balaban J connectivity index is 4.04. The van der Waals surface area contributed by atoms with Crippen LogP contribution < -0.4 is 5.73 Å². The summed E-state index contributed by atoms with van der Waals surface area (Å²) in [6.45, 7) is 4.27. The topological polar surface area (TPSA) is 117 Å².